The number of hydrogen-bond acceptors (Lipinski definition) is 9. The minimum atomic E-state index is -0.703. The smallest absolute Gasteiger partial charge is 0.270 e. The van der Waals surface area contributed by atoms with Crippen LogP contribution in [0, 0.1) is 0 Å². The second kappa shape index (κ2) is 10.1. The number of piperazine rings is 1. The zero-order valence-corrected chi connectivity index (χ0v) is 20.8. The zero-order valence-electron chi connectivity index (χ0n) is 19.2. The van der Waals surface area contributed by atoms with Gasteiger partial charge in [0.15, 0.2) is 10.8 Å². The number of primary amides is 1. The molecule has 0 bridgehead atoms. The first-order valence-corrected chi connectivity index (χ1v) is 12.9. The summed E-state index contributed by atoms with van der Waals surface area (Å²) in [5, 5.41) is 9.58. The van der Waals surface area contributed by atoms with Gasteiger partial charge in [0.1, 0.15) is 5.00 Å². The molecule has 5 rings (SSSR count). The van der Waals surface area contributed by atoms with Gasteiger partial charge in [-0.1, -0.05) is 29.5 Å². The SMILES string of the molecule is CN1CCN(Cc2cc(C(=O)Nc3sc(Nc4ccnc5ccccc45)nc3C(N)=O)cs2)CC1. The summed E-state index contributed by atoms with van der Waals surface area (Å²) in [7, 11) is 2.13. The fourth-order valence-electron chi connectivity index (χ4n) is 3.93. The topological polar surface area (TPSA) is 116 Å². The van der Waals surface area contributed by atoms with Crippen LogP contribution < -0.4 is 16.4 Å². The largest absolute Gasteiger partial charge is 0.364 e. The molecule has 180 valence electrons. The molecule has 0 atom stereocenters. The molecule has 0 aliphatic carbocycles. The van der Waals surface area contributed by atoms with E-state index in [0.29, 0.717) is 15.7 Å². The number of hydrogen-bond donors (Lipinski definition) is 3. The number of carbonyl (C=O) groups is 2. The van der Waals surface area contributed by atoms with Crippen molar-refractivity contribution >= 4 is 61.2 Å². The lowest BCUT2D eigenvalue weighted by atomic mass is 10.2. The Morgan fingerprint density at radius 1 is 1.14 bits per heavy atom. The first-order valence-electron chi connectivity index (χ1n) is 11.2. The fraction of sp³-hybridized carbons (Fsp3) is 0.250. The Balaban J connectivity index is 1.31. The number of pyridine rings is 1. The van der Waals surface area contributed by atoms with Crippen LogP contribution >= 0.6 is 22.7 Å². The number of nitrogens with two attached hydrogens (primary N) is 1. The van der Waals surface area contributed by atoms with E-state index in [1.165, 1.54) is 0 Å². The van der Waals surface area contributed by atoms with Gasteiger partial charge >= 0.3 is 0 Å². The summed E-state index contributed by atoms with van der Waals surface area (Å²) < 4.78 is 0. The molecule has 35 heavy (non-hydrogen) atoms. The Morgan fingerprint density at radius 3 is 2.74 bits per heavy atom. The maximum Gasteiger partial charge on any atom is 0.270 e. The lowest BCUT2D eigenvalue weighted by Gasteiger charge is -2.31. The summed E-state index contributed by atoms with van der Waals surface area (Å²) in [5.41, 5.74) is 7.76. The highest BCUT2D eigenvalue weighted by atomic mass is 32.1. The molecular weight excluding hydrogens is 482 g/mol. The maximum atomic E-state index is 13.0. The summed E-state index contributed by atoms with van der Waals surface area (Å²) in [6.07, 6.45) is 1.70. The number of thiophene rings is 1. The van der Waals surface area contributed by atoms with Crippen molar-refractivity contribution < 1.29 is 9.59 Å². The van der Waals surface area contributed by atoms with Crippen molar-refractivity contribution in [3.8, 4) is 0 Å². The lowest BCUT2D eigenvalue weighted by molar-refractivity contribution is 0.0997. The Hall–Kier alpha value is -3.38. The third kappa shape index (κ3) is 5.33. The summed E-state index contributed by atoms with van der Waals surface area (Å²) in [6, 6.07) is 11.5. The van der Waals surface area contributed by atoms with Crippen molar-refractivity contribution in [1.82, 2.24) is 19.8 Å². The van der Waals surface area contributed by atoms with Crippen LogP contribution in [0.15, 0.2) is 48.0 Å². The predicted octanol–water partition coefficient (Wildman–Crippen LogP) is 3.60. The van der Waals surface area contributed by atoms with Gasteiger partial charge in [0, 0.05) is 54.6 Å². The number of aromatic nitrogens is 2. The summed E-state index contributed by atoms with van der Waals surface area (Å²) >= 11 is 2.73. The molecule has 4 N–H and O–H groups in total. The minimum absolute atomic E-state index is 0.0251. The van der Waals surface area contributed by atoms with Crippen molar-refractivity contribution in [2.75, 3.05) is 43.9 Å². The molecule has 0 unspecified atom stereocenters. The molecule has 1 aliphatic heterocycles. The molecule has 0 radical (unpaired) electrons. The van der Waals surface area contributed by atoms with Crippen LogP contribution in [0.2, 0.25) is 0 Å². The van der Waals surface area contributed by atoms with Gasteiger partial charge in [-0.2, -0.15) is 0 Å². The maximum absolute atomic E-state index is 13.0. The third-order valence-electron chi connectivity index (χ3n) is 5.87. The van der Waals surface area contributed by atoms with Crippen molar-refractivity contribution in [2.24, 2.45) is 5.73 Å². The average molecular weight is 508 g/mol. The number of thiazole rings is 1. The van der Waals surface area contributed by atoms with Crippen LogP contribution in [0.25, 0.3) is 10.9 Å². The molecular formula is C24H25N7O2S2. The van der Waals surface area contributed by atoms with Crippen LogP contribution in [0.1, 0.15) is 25.7 Å². The Labute approximate surface area is 210 Å². The zero-order chi connectivity index (χ0) is 24.4. The van der Waals surface area contributed by atoms with E-state index in [2.05, 4.69) is 37.4 Å². The van der Waals surface area contributed by atoms with E-state index in [9.17, 15) is 9.59 Å². The monoisotopic (exact) mass is 507 g/mol. The molecule has 0 spiro atoms. The average Bonchev–Trinajstić information content (AvgIpc) is 3.48. The number of nitrogens with one attached hydrogen (secondary N) is 2. The summed E-state index contributed by atoms with van der Waals surface area (Å²) in [6.45, 7) is 4.95. The van der Waals surface area contributed by atoms with Gasteiger partial charge in [-0.15, -0.1) is 11.3 Å². The molecule has 1 saturated heterocycles. The quantitative estimate of drug-likeness (QED) is 0.350. The van der Waals surface area contributed by atoms with Crippen molar-refractivity contribution in [2.45, 2.75) is 6.54 Å². The first-order chi connectivity index (χ1) is 17.0. The molecule has 3 aromatic heterocycles. The van der Waals surface area contributed by atoms with Crippen molar-refractivity contribution in [3.63, 3.8) is 0 Å². The van der Waals surface area contributed by atoms with Crippen molar-refractivity contribution in [1.29, 1.82) is 0 Å². The highest BCUT2D eigenvalue weighted by Crippen LogP contribution is 2.33. The van der Waals surface area contributed by atoms with E-state index in [-0.39, 0.29) is 11.6 Å². The van der Waals surface area contributed by atoms with E-state index in [1.54, 1.807) is 17.5 Å². The van der Waals surface area contributed by atoms with Gasteiger partial charge in [0.25, 0.3) is 11.8 Å². The standard InChI is InChI=1S/C24H25N7O2S2/c1-30-8-10-31(11-9-30)13-16-12-15(14-34-16)22(33)29-23-20(21(25)32)28-24(35-23)27-19-6-7-26-18-5-3-2-4-17(18)19/h2-7,12,14H,8-11,13H2,1H3,(H2,25,32)(H,29,33)(H,26,27,28). The first kappa shape index (κ1) is 23.4. The number of amides is 2. The number of likely N-dealkylation sites (N-methyl/N-ethyl adjacent to an activating group) is 1. The molecule has 2 amide bonds. The Kier molecular flexibility index (Phi) is 6.73. The highest BCUT2D eigenvalue weighted by Gasteiger charge is 2.21. The van der Waals surface area contributed by atoms with Crippen LogP contribution in [-0.2, 0) is 6.54 Å². The molecule has 1 aliphatic rings. The summed E-state index contributed by atoms with van der Waals surface area (Å²) in [4.78, 5) is 39.5. The second-order valence-electron chi connectivity index (χ2n) is 8.40. The van der Waals surface area contributed by atoms with Gasteiger partial charge < -0.3 is 21.3 Å². The second-order valence-corrected chi connectivity index (χ2v) is 10.4. The van der Waals surface area contributed by atoms with Crippen LogP contribution in [0.5, 0.6) is 0 Å². The van der Waals surface area contributed by atoms with Gasteiger partial charge in [-0.3, -0.25) is 19.5 Å². The number of nitrogens with zero attached hydrogens (tertiary/aromatic N) is 4. The molecule has 9 nitrogen and oxygen atoms in total. The van der Waals surface area contributed by atoms with Crippen LogP contribution in [0.4, 0.5) is 15.8 Å². The molecule has 4 heterocycles. The number of anilines is 3. The fourth-order valence-corrected chi connectivity index (χ4v) is 5.71. The lowest BCUT2D eigenvalue weighted by Crippen LogP contribution is -2.43. The van der Waals surface area contributed by atoms with Gasteiger partial charge in [0.2, 0.25) is 0 Å². The van der Waals surface area contributed by atoms with Gasteiger partial charge in [-0.05, 0) is 25.2 Å². The Morgan fingerprint density at radius 2 is 1.94 bits per heavy atom. The van der Waals surface area contributed by atoms with Gasteiger partial charge in [-0.25, -0.2) is 4.98 Å². The molecule has 1 fully saturated rings. The Bertz CT molecular complexity index is 1370. The molecule has 1 aromatic carbocycles. The van der Waals surface area contributed by atoms with Crippen LogP contribution in [-0.4, -0.2) is 64.8 Å². The van der Waals surface area contributed by atoms with E-state index >= 15 is 0 Å². The van der Waals surface area contributed by atoms with E-state index in [4.69, 9.17) is 5.73 Å². The third-order valence-corrected chi connectivity index (χ3v) is 7.68. The van der Waals surface area contributed by atoms with E-state index < -0.39 is 5.91 Å². The summed E-state index contributed by atoms with van der Waals surface area (Å²) in [5.74, 6) is -0.997. The van der Waals surface area contributed by atoms with Crippen molar-refractivity contribution in [3.05, 3.63) is 64.1 Å². The number of fused-ring (bicyclic) bond motifs is 1. The highest BCUT2D eigenvalue weighted by molar-refractivity contribution is 7.20. The number of benzene rings is 1. The predicted molar refractivity (Wildman–Crippen MR) is 141 cm³/mol. The number of carbonyl (C=O) groups excluding carboxylic acids is 2. The van der Waals surface area contributed by atoms with E-state index in [0.717, 1.165) is 65.5 Å². The normalized spacial score (nSPS) is 14.8. The molecule has 11 heteroatoms. The van der Waals surface area contributed by atoms with Gasteiger partial charge in [0.05, 0.1) is 16.8 Å². The molecule has 0 saturated carbocycles. The molecule has 4 aromatic rings. The van der Waals surface area contributed by atoms with E-state index in [1.807, 2.05) is 41.8 Å². The minimum Gasteiger partial charge on any atom is -0.364 e. The number of rotatable bonds is 7. The van der Waals surface area contributed by atoms with Crippen LogP contribution in [0.3, 0.4) is 0 Å². The number of para-hydroxylation sites is 1.